The minimum Gasteiger partial charge on any atom is -0.493 e. The van der Waals surface area contributed by atoms with Gasteiger partial charge in [-0.1, -0.05) is 0 Å². The number of methoxy groups -OCH3 is 4. The number of rotatable bonds is 5. The molecule has 16 heavy (non-hydrogen) atoms. The summed E-state index contributed by atoms with van der Waals surface area (Å²) in [5, 5.41) is 0. The lowest BCUT2D eigenvalue weighted by atomic mass is 10.1. The lowest BCUT2D eigenvalue weighted by Gasteiger charge is -2.17. The standard InChI is InChI=1S/C11H17NO4/c1-13-8-5-7(6-12)9(14-2)11(16-4)10(8)15-3/h5H,6,12H2,1-4H3. The van der Waals surface area contributed by atoms with Crippen LogP contribution >= 0.6 is 0 Å². The molecule has 0 aromatic heterocycles. The quantitative estimate of drug-likeness (QED) is 0.818. The fraction of sp³-hybridized carbons (Fsp3) is 0.455. The van der Waals surface area contributed by atoms with E-state index in [1.54, 1.807) is 34.5 Å². The molecular formula is C11H17NO4. The van der Waals surface area contributed by atoms with E-state index in [2.05, 4.69) is 0 Å². The molecule has 0 fully saturated rings. The minimum atomic E-state index is 0.333. The molecule has 1 rings (SSSR count). The van der Waals surface area contributed by atoms with E-state index >= 15 is 0 Å². The van der Waals surface area contributed by atoms with Crippen LogP contribution in [0.5, 0.6) is 23.0 Å². The molecule has 0 saturated carbocycles. The van der Waals surface area contributed by atoms with Crippen LogP contribution in [0.25, 0.3) is 0 Å². The van der Waals surface area contributed by atoms with Crippen molar-refractivity contribution >= 4 is 0 Å². The van der Waals surface area contributed by atoms with Gasteiger partial charge in [0.05, 0.1) is 28.4 Å². The second-order valence-electron chi connectivity index (χ2n) is 3.04. The monoisotopic (exact) mass is 227 g/mol. The molecule has 0 heterocycles. The summed E-state index contributed by atoms with van der Waals surface area (Å²) in [6.07, 6.45) is 0. The zero-order valence-electron chi connectivity index (χ0n) is 9.99. The van der Waals surface area contributed by atoms with Crippen LogP contribution in [0, 0.1) is 0 Å². The van der Waals surface area contributed by atoms with Gasteiger partial charge in [0.1, 0.15) is 0 Å². The van der Waals surface area contributed by atoms with Crippen LogP contribution in [0.4, 0.5) is 0 Å². The van der Waals surface area contributed by atoms with Gasteiger partial charge in [-0.3, -0.25) is 0 Å². The maximum atomic E-state index is 5.63. The summed E-state index contributed by atoms with van der Waals surface area (Å²) in [6, 6.07) is 1.78. The molecule has 0 radical (unpaired) electrons. The molecule has 90 valence electrons. The van der Waals surface area contributed by atoms with Gasteiger partial charge in [0.15, 0.2) is 11.5 Å². The Hall–Kier alpha value is -1.62. The van der Waals surface area contributed by atoms with Crippen molar-refractivity contribution in [1.29, 1.82) is 0 Å². The van der Waals surface area contributed by atoms with E-state index in [0.29, 0.717) is 29.5 Å². The van der Waals surface area contributed by atoms with Crippen LogP contribution in [0.1, 0.15) is 5.56 Å². The molecular weight excluding hydrogens is 210 g/mol. The first-order valence-corrected chi connectivity index (χ1v) is 4.79. The fourth-order valence-electron chi connectivity index (χ4n) is 1.56. The highest BCUT2D eigenvalue weighted by atomic mass is 16.5. The first-order chi connectivity index (χ1) is 7.73. The van der Waals surface area contributed by atoms with E-state index in [0.717, 1.165) is 5.56 Å². The molecule has 5 nitrogen and oxygen atoms in total. The van der Waals surface area contributed by atoms with Crippen LogP contribution in [0.2, 0.25) is 0 Å². The Morgan fingerprint density at radius 2 is 1.44 bits per heavy atom. The van der Waals surface area contributed by atoms with Crippen molar-refractivity contribution in [2.45, 2.75) is 6.54 Å². The Morgan fingerprint density at radius 3 is 1.81 bits per heavy atom. The lowest BCUT2D eigenvalue weighted by molar-refractivity contribution is 0.303. The van der Waals surface area contributed by atoms with Crippen LogP contribution in [0.3, 0.4) is 0 Å². The van der Waals surface area contributed by atoms with Gasteiger partial charge in [-0.15, -0.1) is 0 Å². The van der Waals surface area contributed by atoms with Gasteiger partial charge in [0.2, 0.25) is 11.5 Å². The normalized spacial score (nSPS) is 9.81. The Labute approximate surface area is 95.1 Å². The molecule has 0 aliphatic heterocycles. The topological polar surface area (TPSA) is 62.9 Å². The van der Waals surface area contributed by atoms with Crippen LogP contribution in [0.15, 0.2) is 6.07 Å². The van der Waals surface area contributed by atoms with E-state index in [9.17, 15) is 0 Å². The van der Waals surface area contributed by atoms with Gasteiger partial charge in [-0.25, -0.2) is 0 Å². The summed E-state index contributed by atoms with van der Waals surface area (Å²) in [7, 11) is 6.20. The summed E-state index contributed by atoms with van der Waals surface area (Å²) in [6.45, 7) is 0.333. The SMILES string of the molecule is COc1cc(CN)c(OC)c(OC)c1OC. The van der Waals surface area contributed by atoms with Gasteiger partial charge in [0.25, 0.3) is 0 Å². The Morgan fingerprint density at radius 1 is 0.875 bits per heavy atom. The molecule has 0 unspecified atom stereocenters. The van der Waals surface area contributed by atoms with Crippen LogP contribution < -0.4 is 24.7 Å². The largest absolute Gasteiger partial charge is 0.493 e. The van der Waals surface area contributed by atoms with Gasteiger partial charge in [-0.2, -0.15) is 0 Å². The first-order valence-electron chi connectivity index (χ1n) is 4.79. The maximum absolute atomic E-state index is 5.63. The van der Waals surface area contributed by atoms with Crippen molar-refractivity contribution in [1.82, 2.24) is 0 Å². The fourth-order valence-corrected chi connectivity index (χ4v) is 1.56. The number of hydrogen-bond donors (Lipinski definition) is 1. The molecule has 0 bridgehead atoms. The van der Waals surface area contributed by atoms with E-state index in [1.807, 2.05) is 0 Å². The summed E-state index contributed by atoms with van der Waals surface area (Å²) >= 11 is 0. The predicted octanol–water partition coefficient (Wildman–Crippen LogP) is 1.18. The molecule has 0 amide bonds. The van der Waals surface area contributed by atoms with E-state index in [4.69, 9.17) is 24.7 Å². The molecule has 0 saturated heterocycles. The molecule has 0 spiro atoms. The van der Waals surface area contributed by atoms with Crippen molar-refractivity contribution in [2.24, 2.45) is 5.73 Å². The average molecular weight is 227 g/mol. The molecule has 1 aromatic carbocycles. The lowest BCUT2D eigenvalue weighted by Crippen LogP contribution is -2.04. The summed E-state index contributed by atoms with van der Waals surface area (Å²) in [4.78, 5) is 0. The van der Waals surface area contributed by atoms with Gasteiger partial charge < -0.3 is 24.7 Å². The van der Waals surface area contributed by atoms with E-state index in [-0.39, 0.29) is 0 Å². The molecule has 2 N–H and O–H groups in total. The van der Waals surface area contributed by atoms with E-state index in [1.165, 1.54) is 0 Å². The van der Waals surface area contributed by atoms with Gasteiger partial charge >= 0.3 is 0 Å². The third-order valence-electron chi connectivity index (χ3n) is 2.29. The zero-order chi connectivity index (χ0) is 12.1. The van der Waals surface area contributed by atoms with Crippen molar-refractivity contribution in [2.75, 3.05) is 28.4 Å². The Kier molecular flexibility index (Phi) is 4.25. The molecule has 0 aliphatic rings. The summed E-state index contributed by atoms with van der Waals surface area (Å²) in [5.74, 6) is 2.13. The van der Waals surface area contributed by atoms with Crippen molar-refractivity contribution in [3.05, 3.63) is 11.6 Å². The number of hydrogen-bond acceptors (Lipinski definition) is 5. The second kappa shape index (κ2) is 5.46. The predicted molar refractivity (Wildman–Crippen MR) is 60.5 cm³/mol. The highest BCUT2D eigenvalue weighted by Gasteiger charge is 2.20. The third-order valence-corrected chi connectivity index (χ3v) is 2.29. The highest BCUT2D eigenvalue weighted by Crippen LogP contribution is 2.46. The van der Waals surface area contributed by atoms with Crippen LogP contribution in [-0.2, 0) is 6.54 Å². The number of ether oxygens (including phenoxy) is 4. The maximum Gasteiger partial charge on any atom is 0.207 e. The summed E-state index contributed by atoms with van der Waals surface area (Å²) in [5.41, 5.74) is 6.44. The number of benzene rings is 1. The zero-order valence-corrected chi connectivity index (χ0v) is 9.99. The molecule has 1 aromatic rings. The highest BCUT2D eigenvalue weighted by molar-refractivity contribution is 5.62. The van der Waals surface area contributed by atoms with Crippen molar-refractivity contribution in [3.63, 3.8) is 0 Å². The van der Waals surface area contributed by atoms with Gasteiger partial charge in [-0.05, 0) is 6.07 Å². The molecule has 5 heteroatoms. The average Bonchev–Trinajstić information content (AvgIpc) is 2.35. The Bertz CT molecular complexity index is 335. The summed E-state index contributed by atoms with van der Waals surface area (Å²) < 4.78 is 21.0. The second-order valence-corrected chi connectivity index (χ2v) is 3.04. The number of nitrogens with two attached hydrogens (primary N) is 1. The van der Waals surface area contributed by atoms with Crippen LogP contribution in [-0.4, -0.2) is 28.4 Å². The molecule has 0 atom stereocenters. The smallest absolute Gasteiger partial charge is 0.207 e. The van der Waals surface area contributed by atoms with Gasteiger partial charge in [0, 0.05) is 12.1 Å². The van der Waals surface area contributed by atoms with Crippen molar-refractivity contribution in [3.8, 4) is 23.0 Å². The first kappa shape index (κ1) is 12.4. The minimum absolute atomic E-state index is 0.333. The molecule has 0 aliphatic carbocycles. The Balaban J connectivity index is 3.47. The van der Waals surface area contributed by atoms with E-state index < -0.39 is 0 Å². The third kappa shape index (κ3) is 1.99. The van der Waals surface area contributed by atoms with Crippen molar-refractivity contribution < 1.29 is 18.9 Å².